The summed E-state index contributed by atoms with van der Waals surface area (Å²) in [6, 6.07) is 34.3. The molecule has 9 aromatic rings. The normalized spacial score (nSPS) is 16.1. The maximum atomic E-state index is 12.8. The minimum absolute atomic E-state index is 0.0508. The molecule has 6 aliphatic heterocycles. The second-order valence-corrected chi connectivity index (χ2v) is 33.6. The number of aryl methyl sites for hydroxylation is 2. The zero-order chi connectivity index (χ0) is 85.8. The third-order valence-electron chi connectivity index (χ3n) is 23.3. The topological polar surface area (TPSA) is 314 Å². The van der Waals surface area contributed by atoms with Crippen LogP contribution >= 0.6 is 23.5 Å². The Balaban J connectivity index is 0.000000158. The van der Waals surface area contributed by atoms with E-state index in [1.54, 1.807) is 121 Å². The number of amides is 6. The zero-order valence-corrected chi connectivity index (χ0v) is 71.8. The molecule has 12 heterocycles. The number of piperazine rings is 3. The van der Waals surface area contributed by atoms with Gasteiger partial charge < -0.3 is 60.0 Å². The molecule has 6 aromatic heterocycles. The van der Waals surface area contributed by atoms with Gasteiger partial charge in [-0.3, -0.25) is 57.0 Å². The molecule has 3 aromatic carbocycles. The molecule has 0 aliphatic carbocycles. The number of fused-ring (bicyclic) bond motifs is 3. The second-order valence-electron chi connectivity index (χ2n) is 31.6. The SMILES string of the molecule is C=CC(=O)C1CCN(CCn2c(=O)ccc3cnc(Nc4ccc(N5CCN(C(=O)CCSC)CC5)cc4)nc32)CC1.C=CC(=O)N1CC(CCn2c(=O)ccc3cnc(Nc4cccc(CN5CCN(C(=O)N(C)C)CC5)c4)nc32)C1.C=CC(=O)N1CC(CCn2c(=O)ccc3cnc(Nc4cccc(N5CCN(C(=O)CCSC)CC5)c4)nc32)C1. The maximum Gasteiger partial charge on any atom is 0.319 e. The van der Waals surface area contributed by atoms with E-state index in [-0.39, 0.29) is 58.0 Å². The Labute approximate surface area is 718 Å². The van der Waals surface area contributed by atoms with Gasteiger partial charge >= 0.3 is 6.03 Å². The van der Waals surface area contributed by atoms with E-state index >= 15 is 0 Å². The van der Waals surface area contributed by atoms with E-state index in [0.717, 1.165) is 172 Å². The molecule has 31 nitrogen and oxygen atoms in total. The van der Waals surface area contributed by atoms with Crippen LogP contribution in [0, 0.1) is 17.8 Å². The Bertz CT molecular complexity index is 5410. The number of hydrogen-bond donors (Lipinski definition) is 3. The molecule has 6 amide bonds. The molecule has 0 radical (unpaired) electrons. The first-order chi connectivity index (χ1) is 59.2. The van der Waals surface area contributed by atoms with E-state index in [1.807, 2.05) is 63.6 Å². The van der Waals surface area contributed by atoms with Crippen molar-refractivity contribution >= 4 is 138 Å². The number of nitrogens with zero attached hydrogens (tertiary/aromatic N) is 19. The predicted octanol–water partition coefficient (Wildman–Crippen LogP) is 8.74. The van der Waals surface area contributed by atoms with Crippen LogP contribution in [0.2, 0.25) is 0 Å². The molecule has 0 unspecified atom stereocenters. The molecule has 0 saturated carbocycles. The van der Waals surface area contributed by atoms with Crippen molar-refractivity contribution in [2.75, 3.05) is 188 Å². The molecule has 0 bridgehead atoms. The van der Waals surface area contributed by atoms with Gasteiger partial charge in [0.25, 0.3) is 16.7 Å². The zero-order valence-electron chi connectivity index (χ0n) is 70.1. The van der Waals surface area contributed by atoms with Crippen molar-refractivity contribution < 1.29 is 28.8 Å². The quantitative estimate of drug-likeness (QED) is 0.0369. The second kappa shape index (κ2) is 42.1. The molecule has 15 rings (SSSR count). The molecule has 0 atom stereocenters. The van der Waals surface area contributed by atoms with Gasteiger partial charge in [-0.1, -0.05) is 37.9 Å². The van der Waals surface area contributed by atoms with Crippen molar-refractivity contribution in [2.24, 2.45) is 17.8 Å². The summed E-state index contributed by atoms with van der Waals surface area (Å²) >= 11 is 3.40. The molecular weight excluding hydrogens is 1590 g/mol. The number of hydrogen-bond acceptors (Lipinski definition) is 24. The number of rotatable bonds is 29. The fourth-order valence-electron chi connectivity index (χ4n) is 16.1. The van der Waals surface area contributed by atoms with Gasteiger partial charge in [0.2, 0.25) is 41.5 Å². The molecule has 6 saturated heterocycles. The van der Waals surface area contributed by atoms with Gasteiger partial charge in [-0.25, -0.2) is 19.7 Å². The van der Waals surface area contributed by atoms with Crippen molar-refractivity contribution in [1.29, 1.82) is 0 Å². The minimum atomic E-state index is -0.108. The highest BCUT2D eigenvalue weighted by molar-refractivity contribution is 7.98. The highest BCUT2D eigenvalue weighted by Gasteiger charge is 2.32. The van der Waals surface area contributed by atoms with Crippen molar-refractivity contribution in [3.63, 3.8) is 0 Å². The van der Waals surface area contributed by atoms with Gasteiger partial charge in [-0.15, -0.1) is 0 Å². The van der Waals surface area contributed by atoms with Gasteiger partial charge in [-0.2, -0.15) is 38.5 Å². The number of likely N-dealkylation sites (tertiary alicyclic amines) is 3. The number of carbonyl (C=O) groups is 6. The van der Waals surface area contributed by atoms with Gasteiger partial charge in [-0.05, 0) is 160 Å². The molecular formula is C89H110N22O9S2. The maximum absolute atomic E-state index is 12.8. The summed E-state index contributed by atoms with van der Waals surface area (Å²) in [5.74, 6) is 4.25. The van der Waals surface area contributed by atoms with E-state index in [9.17, 15) is 43.2 Å². The van der Waals surface area contributed by atoms with Crippen molar-refractivity contribution in [3.8, 4) is 0 Å². The first kappa shape index (κ1) is 88.0. The molecule has 6 fully saturated rings. The van der Waals surface area contributed by atoms with Crippen LogP contribution in [0.5, 0.6) is 0 Å². The number of carbonyl (C=O) groups excluding carboxylic acids is 6. The monoisotopic (exact) mass is 1690 g/mol. The lowest BCUT2D eigenvalue weighted by Crippen LogP contribution is -2.51. The summed E-state index contributed by atoms with van der Waals surface area (Å²) in [7, 11) is 3.56. The van der Waals surface area contributed by atoms with Crippen LogP contribution in [0.25, 0.3) is 33.1 Å². The number of nitrogens with one attached hydrogen (secondary N) is 3. The number of allylic oxidation sites excluding steroid dienone is 1. The smallest absolute Gasteiger partial charge is 0.319 e. The van der Waals surface area contributed by atoms with Crippen LogP contribution in [0.3, 0.4) is 0 Å². The summed E-state index contributed by atoms with van der Waals surface area (Å²) < 4.78 is 5.09. The van der Waals surface area contributed by atoms with Crippen LogP contribution in [0.1, 0.15) is 44.1 Å². The van der Waals surface area contributed by atoms with Gasteiger partial charge in [0.1, 0.15) is 16.9 Å². The Morgan fingerprint density at radius 3 is 1.34 bits per heavy atom. The highest BCUT2D eigenvalue weighted by atomic mass is 32.2. The molecule has 0 spiro atoms. The Morgan fingerprint density at radius 2 is 0.885 bits per heavy atom. The van der Waals surface area contributed by atoms with E-state index < -0.39 is 0 Å². The summed E-state index contributed by atoms with van der Waals surface area (Å²) in [5.41, 5.74) is 7.36. The van der Waals surface area contributed by atoms with E-state index in [0.29, 0.717) is 125 Å². The summed E-state index contributed by atoms with van der Waals surface area (Å²) in [5, 5.41) is 12.3. The average molecular weight is 1700 g/mol. The number of aromatic nitrogens is 9. The summed E-state index contributed by atoms with van der Waals surface area (Å²) in [6.07, 6.45) is 17.7. The van der Waals surface area contributed by atoms with E-state index in [2.05, 4.69) is 107 Å². The van der Waals surface area contributed by atoms with E-state index in [4.69, 9.17) is 15.0 Å². The number of benzene rings is 3. The number of anilines is 8. The third-order valence-corrected chi connectivity index (χ3v) is 24.5. The fourth-order valence-corrected chi connectivity index (χ4v) is 16.8. The van der Waals surface area contributed by atoms with Gasteiger partial charge in [0.05, 0.1) is 0 Å². The average Bonchev–Trinajstić information content (AvgIpc) is 0.801. The van der Waals surface area contributed by atoms with Gasteiger partial charge in [0, 0.05) is 263 Å². The van der Waals surface area contributed by atoms with Gasteiger partial charge in [0.15, 0.2) is 5.78 Å². The number of piperidine rings is 1. The van der Waals surface area contributed by atoms with Crippen molar-refractivity contribution in [2.45, 2.75) is 64.7 Å². The lowest BCUT2D eigenvalue weighted by Gasteiger charge is -2.38. The fraction of sp³-hybridized carbons (Fsp3) is 0.427. The molecule has 3 N–H and O–H groups in total. The van der Waals surface area contributed by atoms with Crippen LogP contribution in [0.4, 0.5) is 51.1 Å². The molecule has 122 heavy (non-hydrogen) atoms. The molecule has 642 valence electrons. The lowest BCUT2D eigenvalue weighted by molar-refractivity contribution is -0.133. The first-order valence-corrected chi connectivity index (χ1v) is 44.6. The van der Waals surface area contributed by atoms with Crippen LogP contribution in [-0.4, -0.2) is 281 Å². The van der Waals surface area contributed by atoms with Crippen LogP contribution < -0.4 is 42.4 Å². The predicted molar refractivity (Wildman–Crippen MR) is 484 cm³/mol. The van der Waals surface area contributed by atoms with Crippen LogP contribution in [0.15, 0.2) is 180 Å². The third kappa shape index (κ3) is 22.9. The Kier molecular flexibility index (Phi) is 30.4. The minimum Gasteiger partial charge on any atom is -0.368 e. The number of urea groups is 1. The first-order valence-electron chi connectivity index (χ1n) is 41.8. The number of ketones is 1. The van der Waals surface area contributed by atoms with Crippen molar-refractivity contribution in [1.82, 2.24) is 82.8 Å². The van der Waals surface area contributed by atoms with E-state index in [1.165, 1.54) is 18.2 Å². The Hall–Kier alpha value is -11.8. The highest BCUT2D eigenvalue weighted by Crippen LogP contribution is 2.29. The standard InChI is InChI=1S/C31H39N7O3S.C29H36N8O3.C29H35N7O3S/c1-3-27(39)23-10-13-35(14-11-23)15-20-38-29(41)9-4-24-22-32-31(34-30(24)38)33-25-5-7-26(8-6-25)36-16-18-37(19-17-36)28(40)12-21-42-2;1-4-25(38)36-19-22(20-36)10-11-37-26(39)9-8-23-17-30-28(32-27(23)37)31-24-7-5-6-21(16-24)18-34-12-14-35(15-13-34)29(40)33(2)3;1-3-25(37)35-19-21(20-35)9-11-36-27(39)8-7-22-18-30-29(32-28(22)36)31-23-5-4-6-24(17-23)33-12-14-34(15-13-33)26(38)10-16-40-2/h3-9,22-23H,1,10-21H2,2H3,(H,32,33,34);4-9,16-17,22H,1,10-15,18-20H2,2-3H3,(H,30,31,32);3-8,17-18,21H,1,9-16,19-20H2,2H3,(H,30,31,32). The summed E-state index contributed by atoms with van der Waals surface area (Å²) in [4.78, 5) is 158. The molecule has 6 aliphatic rings. The summed E-state index contributed by atoms with van der Waals surface area (Å²) in [6.45, 7) is 27.4. The lowest BCUT2D eigenvalue weighted by atomic mass is 9.92. The Morgan fingerprint density at radius 1 is 0.451 bits per heavy atom. The molecule has 33 heteroatoms. The number of thioether (sulfide) groups is 2. The van der Waals surface area contributed by atoms with Crippen LogP contribution in [-0.2, 0) is 50.2 Å². The van der Waals surface area contributed by atoms with Crippen molar-refractivity contribution in [3.05, 3.63) is 202 Å². The largest absolute Gasteiger partial charge is 0.368 e. The number of pyridine rings is 3.